The highest BCUT2D eigenvalue weighted by Crippen LogP contribution is 2.43. The predicted molar refractivity (Wildman–Crippen MR) is 128 cm³/mol. The first-order valence-electron chi connectivity index (χ1n) is 11.2. The highest BCUT2D eigenvalue weighted by molar-refractivity contribution is 5.88. The molecule has 2 aromatic heterocycles. The van der Waals surface area contributed by atoms with E-state index in [2.05, 4.69) is 23.8 Å². The molecule has 0 saturated carbocycles. The van der Waals surface area contributed by atoms with E-state index in [1.165, 1.54) is 12.3 Å². The van der Waals surface area contributed by atoms with Crippen molar-refractivity contribution in [1.29, 1.82) is 0 Å². The average Bonchev–Trinajstić information content (AvgIpc) is 2.80. The van der Waals surface area contributed by atoms with Crippen LogP contribution < -0.4 is 15.9 Å². The van der Waals surface area contributed by atoms with Crippen molar-refractivity contribution in [2.75, 3.05) is 26.1 Å². The van der Waals surface area contributed by atoms with E-state index in [0.717, 1.165) is 28.7 Å². The Labute approximate surface area is 197 Å². The fraction of sp³-hybridized carbons (Fsp3) is 0.360. The maximum atomic E-state index is 12.6. The molecule has 0 aliphatic carbocycles. The van der Waals surface area contributed by atoms with Crippen molar-refractivity contribution in [2.24, 2.45) is 5.92 Å². The van der Waals surface area contributed by atoms with E-state index in [4.69, 9.17) is 15.2 Å². The third kappa shape index (κ3) is 4.51. The van der Waals surface area contributed by atoms with Crippen LogP contribution in [0.15, 0.2) is 41.6 Å². The number of fused-ring (bicyclic) bond motifs is 3. The van der Waals surface area contributed by atoms with Gasteiger partial charge in [0, 0.05) is 67.5 Å². The van der Waals surface area contributed by atoms with Gasteiger partial charge in [-0.15, -0.1) is 0 Å². The minimum atomic E-state index is -1.23. The molecule has 3 heterocycles. The first kappa shape index (κ1) is 23.4. The number of aromatic carboxylic acids is 1. The van der Waals surface area contributed by atoms with E-state index in [0.29, 0.717) is 31.1 Å². The van der Waals surface area contributed by atoms with Crippen molar-refractivity contribution in [3.05, 3.63) is 58.1 Å². The summed E-state index contributed by atoms with van der Waals surface area (Å²) in [5.74, 6) is -0.161. The third-order valence-electron chi connectivity index (χ3n) is 6.08. The smallest absolute Gasteiger partial charge is 0.341 e. The average molecular weight is 465 g/mol. The van der Waals surface area contributed by atoms with Gasteiger partial charge in [-0.1, -0.05) is 13.8 Å². The summed E-state index contributed by atoms with van der Waals surface area (Å²) in [6.45, 7) is 5.23. The maximum Gasteiger partial charge on any atom is 0.341 e. The molecule has 1 atom stereocenters. The number of pyridine rings is 1. The molecule has 9 nitrogen and oxygen atoms in total. The quantitative estimate of drug-likeness (QED) is 0.485. The van der Waals surface area contributed by atoms with Crippen molar-refractivity contribution in [1.82, 2.24) is 14.5 Å². The fourth-order valence-electron chi connectivity index (χ4n) is 4.32. The van der Waals surface area contributed by atoms with Crippen LogP contribution in [0.25, 0.3) is 22.4 Å². The second kappa shape index (κ2) is 9.64. The Balaban J connectivity index is 1.90. The summed E-state index contributed by atoms with van der Waals surface area (Å²) in [5.41, 5.74) is 8.97. The van der Waals surface area contributed by atoms with Crippen LogP contribution in [0.5, 0.6) is 5.75 Å². The number of rotatable bonds is 8. The Hall–Kier alpha value is -3.72. The molecule has 0 saturated heterocycles. The van der Waals surface area contributed by atoms with Gasteiger partial charge in [0.2, 0.25) is 5.95 Å². The zero-order valence-electron chi connectivity index (χ0n) is 19.4. The number of carboxylic acid groups (broad SMARTS) is 1. The van der Waals surface area contributed by atoms with Crippen molar-refractivity contribution >= 4 is 11.9 Å². The number of nitrogens with zero attached hydrogens (tertiary/aromatic N) is 3. The normalized spacial score (nSPS) is 14.5. The summed E-state index contributed by atoms with van der Waals surface area (Å²) in [4.78, 5) is 32.5. The topological polar surface area (TPSA) is 130 Å². The molecule has 178 valence electrons. The molecule has 1 aliphatic rings. The van der Waals surface area contributed by atoms with Crippen molar-refractivity contribution in [3.63, 3.8) is 0 Å². The number of methoxy groups -OCH3 is 1. The van der Waals surface area contributed by atoms with Gasteiger partial charge in [0.25, 0.3) is 0 Å². The van der Waals surface area contributed by atoms with Crippen LogP contribution in [0.3, 0.4) is 0 Å². The number of nitrogens with two attached hydrogens (primary N) is 1. The van der Waals surface area contributed by atoms with E-state index >= 15 is 0 Å². The van der Waals surface area contributed by atoms with Crippen molar-refractivity contribution < 1.29 is 19.4 Å². The molecule has 1 aromatic carbocycles. The second-order valence-electron chi connectivity index (χ2n) is 8.69. The van der Waals surface area contributed by atoms with Gasteiger partial charge in [0.15, 0.2) is 5.43 Å². The van der Waals surface area contributed by atoms with E-state index < -0.39 is 11.4 Å². The van der Waals surface area contributed by atoms with E-state index in [-0.39, 0.29) is 23.5 Å². The molecule has 1 aliphatic heterocycles. The van der Waals surface area contributed by atoms with Gasteiger partial charge in [0.1, 0.15) is 11.3 Å². The van der Waals surface area contributed by atoms with Gasteiger partial charge in [-0.05, 0) is 30.0 Å². The van der Waals surface area contributed by atoms with Crippen LogP contribution in [-0.2, 0) is 11.2 Å². The minimum absolute atomic E-state index is 0.00625. The summed E-state index contributed by atoms with van der Waals surface area (Å²) < 4.78 is 13.2. The van der Waals surface area contributed by atoms with Crippen LogP contribution in [-0.4, -0.2) is 45.9 Å². The van der Waals surface area contributed by atoms with E-state index in [1.54, 1.807) is 19.5 Å². The summed E-state index contributed by atoms with van der Waals surface area (Å²) in [5, 5.41) is 9.50. The van der Waals surface area contributed by atoms with Crippen LogP contribution in [0.2, 0.25) is 0 Å². The Morgan fingerprint density at radius 1 is 1.21 bits per heavy atom. The maximum absolute atomic E-state index is 12.6. The van der Waals surface area contributed by atoms with E-state index in [9.17, 15) is 14.7 Å². The number of hydrogen-bond acceptors (Lipinski definition) is 7. The van der Waals surface area contributed by atoms with E-state index in [1.807, 2.05) is 16.7 Å². The van der Waals surface area contributed by atoms with Gasteiger partial charge in [-0.3, -0.25) is 4.79 Å². The van der Waals surface area contributed by atoms with Crippen LogP contribution in [0.4, 0.5) is 5.95 Å². The highest BCUT2D eigenvalue weighted by Gasteiger charge is 2.29. The standard InChI is InChI=1S/C25H28N4O5/c1-14(2)20-7-15-8-23(34-6-4-5-33-3)18(16-11-27-25(26)28-12-16)9-17(15)21-10-22(30)19(24(31)32)13-29(20)21/h8-14,20H,4-7H2,1-3H3,(H,31,32)(H2,26,27,28). The molecule has 1 unspecified atom stereocenters. The lowest BCUT2D eigenvalue weighted by atomic mass is 9.85. The van der Waals surface area contributed by atoms with Crippen LogP contribution >= 0.6 is 0 Å². The Morgan fingerprint density at radius 3 is 2.59 bits per heavy atom. The lowest BCUT2D eigenvalue weighted by Crippen LogP contribution is -2.28. The fourth-order valence-corrected chi connectivity index (χ4v) is 4.32. The molecule has 4 rings (SSSR count). The molecular weight excluding hydrogens is 436 g/mol. The molecule has 0 amide bonds. The molecular formula is C25H28N4O5. The Morgan fingerprint density at radius 2 is 1.94 bits per heavy atom. The summed E-state index contributed by atoms with van der Waals surface area (Å²) in [6, 6.07) is 5.37. The highest BCUT2D eigenvalue weighted by atomic mass is 16.5. The summed E-state index contributed by atoms with van der Waals surface area (Å²) in [6.07, 6.45) is 6.14. The first-order chi connectivity index (χ1) is 16.3. The van der Waals surface area contributed by atoms with Gasteiger partial charge in [0.05, 0.1) is 12.3 Å². The Kier molecular flexibility index (Phi) is 6.65. The number of hydrogen-bond donors (Lipinski definition) is 2. The number of nitrogen functional groups attached to an aromatic ring is 1. The van der Waals surface area contributed by atoms with Gasteiger partial charge >= 0.3 is 5.97 Å². The van der Waals surface area contributed by atoms with Gasteiger partial charge < -0.3 is 24.9 Å². The lowest BCUT2D eigenvalue weighted by molar-refractivity contribution is 0.0694. The number of anilines is 1. The molecule has 0 bridgehead atoms. The minimum Gasteiger partial charge on any atom is -0.493 e. The largest absolute Gasteiger partial charge is 0.493 e. The molecule has 0 radical (unpaired) electrons. The predicted octanol–water partition coefficient (Wildman–Crippen LogP) is 3.42. The number of carbonyl (C=O) groups is 1. The first-order valence-corrected chi connectivity index (χ1v) is 11.2. The van der Waals surface area contributed by atoms with Crippen LogP contribution in [0.1, 0.15) is 42.2 Å². The van der Waals surface area contributed by atoms with Gasteiger partial charge in [-0.25, -0.2) is 14.8 Å². The molecule has 9 heteroatoms. The zero-order chi connectivity index (χ0) is 24.4. The van der Waals surface area contributed by atoms with Crippen LogP contribution in [0, 0.1) is 5.92 Å². The monoisotopic (exact) mass is 464 g/mol. The third-order valence-corrected chi connectivity index (χ3v) is 6.08. The van der Waals surface area contributed by atoms with Crippen molar-refractivity contribution in [3.8, 4) is 28.1 Å². The summed E-state index contributed by atoms with van der Waals surface area (Å²) in [7, 11) is 1.65. The molecule has 3 aromatic rings. The molecule has 0 spiro atoms. The number of carboxylic acids is 1. The molecule has 3 N–H and O–H groups in total. The molecule has 34 heavy (non-hydrogen) atoms. The number of ether oxygens (including phenoxy) is 2. The number of benzene rings is 1. The zero-order valence-corrected chi connectivity index (χ0v) is 19.4. The lowest BCUT2D eigenvalue weighted by Gasteiger charge is -2.34. The second-order valence-corrected chi connectivity index (χ2v) is 8.69. The van der Waals surface area contributed by atoms with Crippen molar-refractivity contribution in [2.45, 2.75) is 32.7 Å². The SMILES string of the molecule is COCCCOc1cc2c(cc1-c1cnc(N)nc1)-c1cc(=O)c(C(=O)O)cn1C(C(C)C)C2. The number of aromatic nitrogens is 3. The molecule has 0 fully saturated rings. The summed E-state index contributed by atoms with van der Waals surface area (Å²) >= 11 is 0. The Bertz CT molecular complexity index is 1270. The van der Waals surface area contributed by atoms with Gasteiger partial charge in [-0.2, -0.15) is 0 Å².